The first-order chi connectivity index (χ1) is 10.5. The van der Waals surface area contributed by atoms with Crippen molar-refractivity contribution in [2.75, 3.05) is 20.3 Å². The zero-order valence-electron chi connectivity index (χ0n) is 13.0. The average Bonchev–Trinajstić information content (AvgIpc) is 2.93. The maximum absolute atomic E-state index is 12.3. The number of hydrogen-bond donors (Lipinski definition) is 1. The summed E-state index contributed by atoms with van der Waals surface area (Å²) in [5.74, 6) is 0.0160. The minimum absolute atomic E-state index is 0.138. The van der Waals surface area contributed by atoms with Gasteiger partial charge in [-0.05, 0) is 30.2 Å². The van der Waals surface area contributed by atoms with Gasteiger partial charge < -0.3 is 10.1 Å². The van der Waals surface area contributed by atoms with Crippen LogP contribution >= 0.6 is 11.6 Å². The molecule has 1 aromatic heterocycles. The summed E-state index contributed by atoms with van der Waals surface area (Å²) in [5.41, 5.74) is 2.34. The number of carbonyl (C=O) groups excluding carboxylic acids is 1. The highest BCUT2D eigenvalue weighted by Crippen LogP contribution is 2.23. The van der Waals surface area contributed by atoms with E-state index in [1.807, 2.05) is 26.0 Å². The number of hydrogen-bond acceptors (Lipinski definition) is 3. The molecule has 0 radical (unpaired) electrons. The Balaban J connectivity index is 2.33. The third kappa shape index (κ3) is 3.67. The molecule has 0 aliphatic heterocycles. The van der Waals surface area contributed by atoms with E-state index in [2.05, 4.69) is 10.4 Å². The van der Waals surface area contributed by atoms with Gasteiger partial charge in [-0.1, -0.05) is 25.4 Å². The topological polar surface area (TPSA) is 56.1 Å². The lowest BCUT2D eigenvalue weighted by molar-refractivity contribution is 0.0935. The molecule has 0 aliphatic rings. The van der Waals surface area contributed by atoms with Crippen LogP contribution in [0.5, 0.6) is 0 Å². The first-order valence-electron chi connectivity index (χ1n) is 7.15. The van der Waals surface area contributed by atoms with Crippen molar-refractivity contribution in [3.8, 4) is 5.69 Å². The molecule has 1 aromatic carbocycles. The fourth-order valence-corrected chi connectivity index (χ4v) is 2.36. The fraction of sp³-hybridized carbons (Fsp3) is 0.375. The van der Waals surface area contributed by atoms with Gasteiger partial charge in [0.2, 0.25) is 0 Å². The molecule has 0 aliphatic carbocycles. The maximum atomic E-state index is 12.3. The highest BCUT2D eigenvalue weighted by atomic mass is 35.5. The van der Waals surface area contributed by atoms with Crippen molar-refractivity contribution in [3.63, 3.8) is 0 Å². The molecular formula is C16H20ClN3O2. The summed E-state index contributed by atoms with van der Waals surface area (Å²) < 4.78 is 6.73. The molecule has 0 unspecified atom stereocenters. The number of aromatic nitrogens is 2. The number of benzene rings is 1. The number of nitrogens with zero attached hydrogens (tertiary/aromatic N) is 2. The summed E-state index contributed by atoms with van der Waals surface area (Å²) in [7, 11) is 1.60. The Labute approximate surface area is 135 Å². The highest BCUT2D eigenvalue weighted by Gasteiger charge is 2.20. The van der Waals surface area contributed by atoms with E-state index < -0.39 is 0 Å². The molecule has 6 heteroatoms. The number of amides is 1. The molecule has 1 amide bonds. The van der Waals surface area contributed by atoms with Gasteiger partial charge in [-0.25, -0.2) is 4.68 Å². The quantitative estimate of drug-likeness (QED) is 0.832. The van der Waals surface area contributed by atoms with Crippen LogP contribution in [0.1, 0.15) is 35.8 Å². The van der Waals surface area contributed by atoms with E-state index in [1.165, 1.54) is 0 Å². The van der Waals surface area contributed by atoms with Crippen molar-refractivity contribution in [3.05, 3.63) is 46.7 Å². The predicted molar refractivity (Wildman–Crippen MR) is 86.9 cm³/mol. The van der Waals surface area contributed by atoms with E-state index >= 15 is 0 Å². The van der Waals surface area contributed by atoms with Crippen LogP contribution in [0.3, 0.4) is 0 Å². The van der Waals surface area contributed by atoms with Crippen molar-refractivity contribution in [2.45, 2.75) is 19.8 Å². The fourth-order valence-electron chi connectivity index (χ4n) is 2.24. The Morgan fingerprint density at radius 3 is 2.64 bits per heavy atom. The molecule has 1 heterocycles. The number of halogens is 1. The van der Waals surface area contributed by atoms with Crippen molar-refractivity contribution in [2.24, 2.45) is 0 Å². The zero-order chi connectivity index (χ0) is 16.1. The van der Waals surface area contributed by atoms with Crippen molar-refractivity contribution < 1.29 is 9.53 Å². The molecule has 1 N–H and O–H groups in total. The summed E-state index contributed by atoms with van der Waals surface area (Å²) in [4.78, 5) is 12.3. The van der Waals surface area contributed by atoms with Crippen LogP contribution in [-0.2, 0) is 4.74 Å². The molecule has 0 bridgehead atoms. The van der Waals surface area contributed by atoms with E-state index in [0.29, 0.717) is 23.7 Å². The lowest BCUT2D eigenvalue weighted by Gasteiger charge is -2.13. The lowest BCUT2D eigenvalue weighted by atomic mass is 10.1. The molecule has 0 fully saturated rings. The summed E-state index contributed by atoms with van der Waals surface area (Å²) >= 11 is 5.92. The van der Waals surface area contributed by atoms with Gasteiger partial charge in [0.05, 0.1) is 29.7 Å². The summed E-state index contributed by atoms with van der Waals surface area (Å²) in [6.07, 6.45) is 1.60. The van der Waals surface area contributed by atoms with Gasteiger partial charge in [0.1, 0.15) is 0 Å². The average molecular weight is 322 g/mol. The van der Waals surface area contributed by atoms with E-state index in [4.69, 9.17) is 16.3 Å². The monoisotopic (exact) mass is 321 g/mol. The lowest BCUT2D eigenvalue weighted by Crippen LogP contribution is -2.27. The molecule has 22 heavy (non-hydrogen) atoms. The summed E-state index contributed by atoms with van der Waals surface area (Å²) in [5, 5.41) is 7.87. The SMILES string of the molecule is COCCNC(=O)c1cnn(-c2ccc(Cl)cc2)c1C(C)C. The molecule has 0 saturated carbocycles. The molecule has 0 saturated heterocycles. The minimum Gasteiger partial charge on any atom is -0.383 e. The van der Waals surface area contributed by atoms with Crippen LogP contribution in [0.15, 0.2) is 30.5 Å². The zero-order valence-corrected chi connectivity index (χ0v) is 13.7. The van der Waals surface area contributed by atoms with Gasteiger partial charge in [-0.3, -0.25) is 4.79 Å². The molecular weight excluding hydrogens is 302 g/mol. The Morgan fingerprint density at radius 1 is 1.36 bits per heavy atom. The summed E-state index contributed by atoms with van der Waals surface area (Å²) in [6, 6.07) is 7.38. The molecule has 2 aromatic rings. The largest absolute Gasteiger partial charge is 0.383 e. The van der Waals surface area contributed by atoms with Crippen molar-refractivity contribution in [1.82, 2.24) is 15.1 Å². The Bertz CT molecular complexity index is 635. The number of rotatable bonds is 6. The van der Waals surface area contributed by atoms with Gasteiger partial charge >= 0.3 is 0 Å². The number of nitrogens with one attached hydrogen (secondary N) is 1. The van der Waals surface area contributed by atoms with Crippen LogP contribution in [-0.4, -0.2) is 35.9 Å². The third-order valence-electron chi connectivity index (χ3n) is 3.26. The van der Waals surface area contributed by atoms with Gasteiger partial charge in [-0.15, -0.1) is 0 Å². The van der Waals surface area contributed by atoms with E-state index in [9.17, 15) is 4.79 Å². The van der Waals surface area contributed by atoms with Gasteiger partial charge in [0.25, 0.3) is 5.91 Å². The van der Waals surface area contributed by atoms with Crippen molar-refractivity contribution >= 4 is 17.5 Å². The van der Waals surface area contributed by atoms with Crippen LogP contribution < -0.4 is 5.32 Å². The number of carbonyl (C=O) groups is 1. The van der Waals surface area contributed by atoms with Crippen LogP contribution in [0.2, 0.25) is 5.02 Å². The molecule has 2 rings (SSSR count). The first-order valence-corrected chi connectivity index (χ1v) is 7.53. The Hall–Kier alpha value is -1.85. The molecule has 0 spiro atoms. The number of methoxy groups -OCH3 is 1. The van der Waals surface area contributed by atoms with E-state index in [-0.39, 0.29) is 11.8 Å². The van der Waals surface area contributed by atoms with Gasteiger partial charge in [0.15, 0.2) is 0 Å². The second-order valence-corrected chi connectivity index (χ2v) is 5.67. The second kappa shape index (κ2) is 7.42. The van der Waals surface area contributed by atoms with Crippen LogP contribution in [0.4, 0.5) is 0 Å². The summed E-state index contributed by atoms with van der Waals surface area (Å²) in [6.45, 7) is 5.03. The second-order valence-electron chi connectivity index (χ2n) is 5.24. The van der Waals surface area contributed by atoms with Crippen LogP contribution in [0.25, 0.3) is 5.69 Å². The third-order valence-corrected chi connectivity index (χ3v) is 3.51. The van der Waals surface area contributed by atoms with E-state index in [0.717, 1.165) is 11.4 Å². The normalized spacial score (nSPS) is 11.0. The molecule has 5 nitrogen and oxygen atoms in total. The van der Waals surface area contributed by atoms with E-state index in [1.54, 1.807) is 30.1 Å². The molecule has 0 atom stereocenters. The standard InChI is InChI=1S/C16H20ClN3O2/c1-11(2)15-14(16(21)18-8-9-22-3)10-19-20(15)13-6-4-12(17)5-7-13/h4-7,10-11H,8-9H2,1-3H3,(H,18,21). The Morgan fingerprint density at radius 2 is 2.05 bits per heavy atom. The smallest absolute Gasteiger partial charge is 0.254 e. The van der Waals surface area contributed by atoms with Crippen molar-refractivity contribution in [1.29, 1.82) is 0 Å². The highest BCUT2D eigenvalue weighted by molar-refractivity contribution is 6.30. The van der Waals surface area contributed by atoms with Gasteiger partial charge in [-0.2, -0.15) is 5.10 Å². The maximum Gasteiger partial charge on any atom is 0.254 e. The predicted octanol–water partition coefficient (Wildman–Crippen LogP) is 3.03. The Kier molecular flexibility index (Phi) is 5.57. The minimum atomic E-state index is -0.138. The van der Waals surface area contributed by atoms with Gasteiger partial charge in [0, 0.05) is 18.7 Å². The first kappa shape index (κ1) is 16.5. The number of ether oxygens (including phenoxy) is 1. The van der Waals surface area contributed by atoms with Crippen LogP contribution in [0, 0.1) is 0 Å². The molecule has 118 valence electrons.